The zero-order valence-electron chi connectivity index (χ0n) is 4.53. The molecular weight excluding hydrogens is 128 g/mol. The summed E-state index contributed by atoms with van der Waals surface area (Å²) in [5, 5.41) is 4.50. The van der Waals surface area contributed by atoms with Crippen LogP contribution in [0, 0.1) is 0 Å². The topological polar surface area (TPSA) is 72.5 Å². The van der Waals surface area contributed by atoms with Crippen LogP contribution in [-0.2, 0) is 10.2 Å². The molecule has 0 amide bonds. The molecular formula is C3H8N2O2S. The Morgan fingerprint density at radius 2 is 2.25 bits per heavy atom. The van der Waals surface area contributed by atoms with Gasteiger partial charge in [-0.05, 0) is 6.42 Å². The first-order valence-corrected chi connectivity index (χ1v) is 3.63. The summed E-state index contributed by atoms with van der Waals surface area (Å²) < 4.78 is 22.9. The smallest absolute Gasteiger partial charge is 0.210 e. The largest absolute Gasteiger partial charge is 0.316 e. The zero-order valence-corrected chi connectivity index (χ0v) is 5.35. The van der Waals surface area contributed by atoms with Crippen molar-refractivity contribution in [3.05, 3.63) is 0 Å². The van der Waals surface area contributed by atoms with Gasteiger partial charge in [-0.2, -0.15) is 12.8 Å². The number of nitrogens with zero attached hydrogens (tertiary/aromatic N) is 1. The van der Waals surface area contributed by atoms with E-state index in [1.54, 1.807) is 6.92 Å². The lowest BCUT2D eigenvalue weighted by Gasteiger charge is -1.80. The minimum atomic E-state index is -3.62. The molecule has 48 valence electrons. The second-order valence-corrected chi connectivity index (χ2v) is 2.45. The van der Waals surface area contributed by atoms with Gasteiger partial charge in [0.2, 0.25) is 0 Å². The third-order valence-corrected chi connectivity index (χ3v) is 0.847. The van der Waals surface area contributed by atoms with E-state index in [1.807, 2.05) is 0 Å². The van der Waals surface area contributed by atoms with Crippen LogP contribution in [0.2, 0.25) is 0 Å². The molecule has 0 aromatic rings. The molecule has 0 aliphatic rings. The van der Waals surface area contributed by atoms with Gasteiger partial charge in [0.05, 0.1) is 0 Å². The van der Waals surface area contributed by atoms with Gasteiger partial charge in [0.25, 0.3) is 0 Å². The molecule has 0 spiro atoms. The van der Waals surface area contributed by atoms with Gasteiger partial charge in [0, 0.05) is 6.21 Å². The Morgan fingerprint density at radius 1 is 1.75 bits per heavy atom. The average Bonchev–Trinajstić information content (AvgIpc) is 1.59. The second kappa shape index (κ2) is 2.78. The molecule has 0 aliphatic carbocycles. The van der Waals surface area contributed by atoms with Crippen molar-refractivity contribution in [3.8, 4) is 0 Å². The molecule has 4 nitrogen and oxygen atoms in total. The third-order valence-electron chi connectivity index (χ3n) is 0.404. The fourth-order valence-corrected chi connectivity index (χ4v) is 0.535. The molecule has 0 rings (SSSR count). The van der Waals surface area contributed by atoms with E-state index in [1.165, 1.54) is 6.21 Å². The Labute approximate surface area is 48.6 Å². The van der Waals surface area contributed by atoms with Crippen molar-refractivity contribution in [3.63, 3.8) is 0 Å². The maximum absolute atomic E-state index is 9.97. The summed E-state index contributed by atoms with van der Waals surface area (Å²) in [7, 11) is -3.62. The van der Waals surface area contributed by atoms with Gasteiger partial charge >= 0.3 is 10.2 Å². The molecule has 0 unspecified atom stereocenters. The normalized spacial score (nSPS) is 12.8. The first kappa shape index (κ1) is 7.58. The lowest BCUT2D eigenvalue weighted by molar-refractivity contribution is 0.600. The van der Waals surface area contributed by atoms with Crippen molar-refractivity contribution >= 4 is 16.4 Å². The van der Waals surface area contributed by atoms with Crippen LogP contribution >= 0.6 is 0 Å². The molecule has 0 saturated heterocycles. The van der Waals surface area contributed by atoms with Gasteiger partial charge in [-0.1, -0.05) is 6.92 Å². The van der Waals surface area contributed by atoms with E-state index in [4.69, 9.17) is 0 Å². The summed E-state index contributed by atoms with van der Waals surface area (Å²) in [4.78, 5) is 0. The highest BCUT2D eigenvalue weighted by atomic mass is 32.2. The maximum Gasteiger partial charge on any atom is 0.316 e. The van der Waals surface area contributed by atoms with Crippen molar-refractivity contribution in [1.82, 2.24) is 0 Å². The summed E-state index contributed by atoms with van der Waals surface area (Å²) in [5.74, 6) is 0. The van der Waals surface area contributed by atoms with Crippen molar-refractivity contribution in [2.75, 3.05) is 0 Å². The van der Waals surface area contributed by atoms with Gasteiger partial charge in [0.15, 0.2) is 0 Å². The predicted molar refractivity (Wildman–Crippen MR) is 31.9 cm³/mol. The Balaban J connectivity index is 3.92. The molecule has 2 N–H and O–H groups in total. The molecule has 0 heterocycles. The van der Waals surface area contributed by atoms with Crippen LogP contribution < -0.4 is 5.14 Å². The van der Waals surface area contributed by atoms with Gasteiger partial charge in [-0.15, -0.1) is 0 Å². The van der Waals surface area contributed by atoms with E-state index in [2.05, 4.69) is 9.54 Å². The highest BCUT2D eigenvalue weighted by Crippen LogP contribution is 1.76. The summed E-state index contributed by atoms with van der Waals surface area (Å²) in [5.41, 5.74) is 0. The Kier molecular flexibility index (Phi) is 2.64. The predicted octanol–water partition coefficient (Wildman–Crippen LogP) is -0.329. The van der Waals surface area contributed by atoms with Crippen LogP contribution in [0.15, 0.2) is 4.40 Å². The van der Waals surface area contributed by atoms with Gasteiger partial charge in [-0.3, -0.25) is 0 Å². The molecule has 0 atom stereocenters. The summed E-state index contributed by atoms with van der Waals surface area (Å²) in [6.45, 7) is 1.77. The standard InChI is InChI=1S/C3H8N2O2S/c1-2-3-5-8(4,6)7/h3H,2H2,1H3,(H2,4,6,7). The highest BCUT2D eigenvalue weighted by molar-refractivity contribution is 7.87. The van der Waals surface area contributed by atoms with Crippen LogP contribution in [0.5, 0.6) is 0 Å². The molecule has 5 heteroatoms. The van der Waals surface area contributed by atoms with E-state index in [0.29, 0.717) is 6.42 Å². The molecule has 0 radical (unpaired) electrons. The first-order valence-electron chi connectivity index (χ1n) is 2.13. The Hall–Kier alpha value is -0.420. The van der Waals surface area contributed by atoms with Gasteiger partial charge in [0.1, 0.15) is 0 Å². The van der Waals surface area contributed by atoms with E-state index in [0.717, 1.165) is 0 Å². The quantitative estimate of drug-likeness (QED) is 0.528. The zero-order chi connectivity index (χ0) is 6.62. The molecule has 0 aliphatic heterocycles. The number of nitrogens with two attached hydrogens (primary N) is 1. The summed E-state index contributed by atoms with van der Waals surface area (Å²) in [6, 6.07) is 0. The highest BCUT2D eigenvalue weighted by Gasteiger charge is 1.89. The first-order chi connectivity index (χ1) is 3.56. The molecule has 0 fully saturated rings. The van der Waals surface area contributed by atoms with Crippen molar-refractivity contribution in [2.45, 2.75) is 13.3 Å². The summed E-state index contributed by atoms with van der Waals surface area (Å²) in [6.07, 6.45) is 1.83. The number of hydrogen-bond donors (Lipinski definition) is 1. The van der Waals surface area contributed by atoms with Crippen LogP contribution in [0.1, 0.15) is 13.3 Å². The van der Waals surface area contributed by atoms with E-state index in [-0.39, 0.29) is 0 Å². The fourth-order valence-electron chi connectivity index (χ4n) is 0.178. The van der Waals surface area contributed by atoms with Crippen LogP contribution in [0.3, 0.4) is 0 Å². The van der Waals surface area contributed by atoms with E-state index >= 15 is 0 Å². The minimum Gasteiger partial charge on any atom is -0.210 e. The van der Waals surface area contributed by atoms with Crippen molar-refractivity contribution in [1.29, 1.82) is 0 Å². The SMILES string of the molecule is CCC=NS(N)(=O)=O. The van der Waals surface area contributed by atoms with Gasteiger partial charge < -0.3 is 0 Å². The molecule has 0 aromatic carbocycles. The molecule has 0 aromatic heterocycles. The number of hydrogen-bond acceptors (Lipinski definition) is 2. The third kappa shape index (κ3) is 5.58. The van der Waals surface area contributed by atoms with Crippen molar-refractivity contribution in [2.24, 2.45) is 9.54 Å². The lowest BCUT2D eigenvalue weighted by Crippen LogP contribution is -2.07. The average molecular weight is 136 g/mol. The van der Waals surface area contributed by atoms with Crippen molar-refractivity contribution < 1.29 is 8.42 Å². The number of rotatable bonds is 2. The lowest BCUT2D eigenvalue weighted by atomic mass is 10.6. The van der Waals surface area contributed by atoms with Crippen LogP contribution in [0.4, 0.5) is 0 Å². The maximum atomic E-state index is 9.97. The van der Waals surface area contributed by atoms with Gasteiger partial charge in [-0.25, -0.2) is 5.14 Å². The molecule has 0 saturated carbocycles. The summed E-state index contributed by atoms with van der Waals surface area (Å²) >= 11 is 0. The minimum absolute atomic E-state index is 0.580. The second-order valence-electron chi connectivity index (χ2n) is 1.21. The molecule has 8 heavy (non-hydrogen) atoms. The fraction of sp³-hybridized carbons (Fsp3) is 0.667. The van der Waals surface area contributed by atoms with E-state index < -0.39 is 10.2 Å². The van der Waals surface area contributed by atoms with E-state index in [9.17, 15) is 8.42 Å². The monoisotopic (exact) mass is 136 g/mol. The van der Waals surface area contributed by atoms with Crippen LogP contribution in [0.25, 0.3) is 0 Å². The Bertz CT molecular complexity index is 170. The molecule has 0 bridgehead atoms. The van der Waals surface area contributed by atoms with Crippen LogP contribution in [-0.4, -0.2) is 14.6 Å². The Morgan fingerprint density at radius 3 is 2.38 bits per heavy atom.